The van der Waals surface area contributed by atoms with E-state index in [2.05, 4.69) is 39.1 Å². The number of nitrogens with one attached hydrogen (secondary N) is 1. The summed E-state index contributed by atoms with van der Waals surface area (Å²) in [5, 5.41) is 11.8. The van der Waals surface area contributed by atoms with Crippen molar-refractivity contribution in [2.45, 2.75) is 51.4 Å². The van der Waals surface area contributed by atoms with Gasteiger partial charge in [0, 0.05) is 17.3 Å². The topological polar surface area (TPSA) is 66.4 Å². The SMILES string of the molecule is CC1(C)CCC(C)(C)c2cc(C(=O)Nc3ccccc3/C=C/C(=O)O)ccc21. The van der Waals surface area contributed by atoms with E-state index in [1.807, 2.05) is 18.2 Å². The van der Waals surface area contributed by atoms with Crippen LogP contribution in [0.25, 0.3) is 6.08 Å². The van der Waals surface area contributed by atoms with Crippen LogP contribution in [0.1, 0.15) is 67.6 Å². The molecule has 28 heavy (non-hydrogen) atoms. The molecule has 0 saturated heterocycles. The first kappa shape index (κ1) is 19.9. The largest absolute Gasteiger partial charge is 0.478 e. The fourth-order valence-corrected chi connectivity index (χ4v) is 3.84. The van der Waals surface area contributed by atoms with E-state index in [4.69, 9.17) is 5.11 Å². The molecule has 2 aromatic rings. The number of para-hydroxylation sites is 1. The van der Waals surface area contributed by atoms with Gasteiger partial charge in [-0.15, -0.1) is 0 Å². The van der Waals surface area contributed by atoms with Gasteiger partial charge in [0.2, 0.25) is 0 Å². The molecule has 146 valence electrons. The van der Waals surface area contributed by atoms with Crippen molar-refractivity contribution in [1.29, 1.82) is 0 Å². The van der Waals surface area contributed by atoms with Crippen LogP contribution in [0.15, 0.2) is 48.5 Å². The van der Waals surface area contributed by atoms with E-state index in [9.17, 15) is 9.59 Å². The normalized spacial score (nSPS) is 17.1. The van der Waals surface area contributed by atoms with Crippen molar-refractivity contribution in [1.82, 2.24) is 0 Å². The maximum atomic E-state index is 12.9. The average Bonchev–Trinajstić information content (AvgIpc) is 2.64. The van der Waals surface area contributed by atoms with E-state index in [-0.39, 0.29) is 16.7 Å². The molecule has 0 aliphatic heterocycles. The molecule has 0 bridgehead atoms. The van der Waals surface area contributed by atoms with Gasteiger partial charge < -0.3 is 10.4 Å². The standard InChI is InChI=1S/C24H27NO3/c1-23(2)13-14-24(3,4)19-15-17(9-11-18(19)23)22(28)25-20-8-6-5-7-16(20)10-12-21(26)27/h5-12,15H,13-14H2,1-4H3,(H,25,28)(H,26,27)/b12-10+. The maximum Gasteiger partial charge on any atom is 0.328 e. The quantitative estimate of drug-likeness (QED) is 0.703. The number of fused-ring (bicyclic) bond motifs is 1. The smallest absolute Gasteiger partial charge is 0.328 e. The predicted molar refractivity (Wildman–Crippen MR) is 113 cm³/mol. The Hall–Kier alpha value is -2.88. The molecule has 1 aliphatic carbocycles. The molecule has 2 N–H and O–H groups in total. The third-order valence-electron chi connectivity index (χ3n) is 5.73. The number of hydrogen-bond donors (Lipinski definition) is 2. The van der Waals surface area contributed by atoms with Gasteiger partial charge in [-0.2, -0.15) is 0 Å². The number of anilines is 1. The van der Waals surface area contributed by atoms with Crippen molar-refractivity contribution >= 4 is 23.6 Å². The Labute approximate surface area is 166 Å². The van der Waals surface area contributed by atoms with Crippen LogP contribution in [0.4, 0.5) is 5.69 Å². The van der Waals surface area contributed by atoms with E-state index >= 15 is 0 Å². The van der Waals surface area contributed by atoms with Crippen molar-refractivity contribution in [3.8, 4) is 0 Å². The highest BCUT2D eigenvalue weighted by molar-refractivity contribution is 6.05. The van der Waals surface area contributed by atoms with E-state index < -0.39 is 5.97 Å². The molecule has 3 rings (SSSR count). The Balaban J connectivity index is 1.92. The summed E-state index contributed by atoms with van der Waals surface area (Å²) >= 11 is 0. The Morgan fingerprint density at radius 3 is 2.29 bits per heavy atom. The minimum absolute atomic E-state index is 0.0310. The summed E-state index contributed by atoms with van der Waals surface area (Å²) in [5.74, 6) is -1.22. The molecule has 1 amide bonds. The van der Waals surface area contributed by atoms with E-state index in [0.29, 0.717) is 16.8 Å². The average molecular weight is 377 g/mol. The fourth-order valence-electron chi connectivity index (χ4n) is 3.84. The molecule has 0 spiro atoms. The number of rotatable bonds is 4. The molecule has 0 atom stereocenters. The van der Waals surface area contributed by atoms with Gasteiger partial charge in [0.05, 0.1) is 0 Å². The lowest BCUT2D eigenvalue weighted by Crippen LogP contribution is -2.34. The number of carbonyl (C=O) groups excluding carboxylic acids is 1. The second-order valence-electron chi connectivity index (χ2n) is 8.74. The number of hydrogen-bond acceptors (Lipinski definition) is 2. The van der Waals surface area contributed by atoms with Crippen LogP contribution in [0.2, 0.25) is 0 Å². The van der Waals surface area contributed by atoms with Crippen molar-refractivity contribution in [2.24, 2.45) is 0 Å². The summed E-state index contributed by atoms with van der Waals surface area (Å²) in [6.45, 7) is 8.97. The van der Waals surface area contributed by atoms with Gasteiger partial charge in [-0.3, -0.25) is 4.79 Å². The van der Waals surface area contributed by atoms with Crippen LogP contribution in [0.3, 0.4) is 0 Å². The second-order valence-corrected chi connectivity index (χ2v) is 8.74. The zero-order valence-corrected chi connectivity index (χ0v) is 16.9. The minimum Gasteiger partial charge on any atom is -0.478 e. The molecule has 0 fully saturated rings. The van der Waals surface area contributed by atoms with Gasteiger partial charge in [-0.05, 0) is 64.6 Å². The number of amides is 1. The van der Waals surface area contributed by atoms with Crippen LogP contribution in [-0.2, 0) is 15.6 Å². The van der Waals surface area contributed by atoms with Crippen molar-refractivity contribution in [3.05, 3.63) is 70.8 Å². The first-order chi connectivity index (χ1) is 13.1. The van der Waals surface area contributed by atoms with Gasteiger partial charge in [-0.25, -0.2) is 4.79 Å². The third kappa shape index (κ3) is 4.01. The maximum absolute atomic E-state index is 12.9. The summed E-state index contributed by atoms with van der Waals surface area (Å²) in [5.41, 5.74) is 4.53. The highest BCUT2D eigenvalue weighted by atomic mass is 16.4. The first-order valence-electron chi connectivity index (χ1n) is 9.57. The van der Waals surface area contributed by atoms with E-state index in [1.54, 1.807) is 18.2 Å². The van der Waals surface area contributed by atoms with Crippen LogP contribution in [0.5, 0.6) is 0 Å². The number of carboxylic acid groups (broad SMARTS) is 1. The number of carbonyl (C=O) groups is 2. The zero-order chi connectivity index (χ0) is 20.5. The third-order valence-corrected chi connectivity index (χ3v) is 5.73. The highest BCUT2D eigenvalue weighted by Gasteiger charge is 2.37. The number of aliphatic carboxylic acids is 1. The molecule has 0 heterocycles. The van der Waals surface area contributed by atoms with Crippen molar-refractivity contribution < 1.29 is 14.7 Å². The van der Waals surface area contributed by atoms with Gasteiger partial charge in [-0.1, -0.05) is 52.0 Å². The molecule has 4 nitrogen and oxygen atoms in total. The van der Waals surface area contributed by atoms with Gasteiger partial charge >= 0.3 is 5.97 Å². The molecule has 0 aromatic heterocycles. The Morgan fingerprint density at radius 1 is 0.964 bits per heavy atom. The van der Waals surface area contributed by atoms with Crippen LogP contribution >= 0.6 is 0 Å². The Morgan fingerprint density at radius 2 is 1.61 bits per heavy atom. The lowest BCUT2D eigenvalue weighted by atomic mass is 9.63. The lowest BCUT2D eigenvalue weighted by molar-refractivity contribution is -0.131. The summed E-state index contributed by atoms with van der Waals surface area (Å²) in [4.78, 5) is 23.7. The van der Waals surface area contributed by atoms with E-state index in [1.165, 1.54) is 17.2 Å². The van der Waals surface area contributed by atoms with Crippen LogP contribution in [-0.4, -0.2) is 17.0 Å². The molecule has 0 saturated carbocycles. The number of benzene rings is 2. The van der Waals surface area contributed by atoms with Gasteiger partial charge in [0.1, 0.15) is 0 Å². The summed E-state index contributed by atoms with van der Waals surface area (Å²) in [7, 11) is 0. The summed E-state index contributed by atoms with van der Waals surface area (Å²) in [6, 6.07) is 13.1. The zero-order valence-electron chi connectivity index (χ0n) is 16.9. The molecule has 1 aliphatic rings. The molecule has 0 radical (unpaired) electrons. The minimum atomic E-state index is -1.03. The van der Waals surface area contributed by atoms with E-state index in [0.717, 1.165) is 18.9 Å². The molecular weight excluding hydrogens is 350 g/mol. The fraction of sp³-hybridized carbons (Fsp3) is 0.333. The summed E-state index contributed by atoms with van der Waals surface area (Å²) in [6.07, 6.45) is 4.76. The highest BCUT2D eigenvalue weighted by Crippen LogP contribution is 2.45. The van der Waals surface area contributed by atoms with Crippen LogP contribution < -0.4 is 5.32 Å². The summed E-state index contributed by atoms with van der Waals surface area (Å²) < 4.78 is 0. The molecular formula is C24H27NO3. The van der Waals surface area contributed by atoms with Gasteiger partial charge in [0.25, 0.3) is 5.91 Å². The monoisotopic (exact) mass is 377 g/mol. The van der Waals surface area contributed by atoms with Crippen molar-refractivity contribution in [3.63, 3.8) is 0 Å². The molecule has 0 unspecified atom stereocenters. The Bertz CT molecular complexity index is 954. The van der Waals surface area contributed by atoms with Gasteiger partial charge in [0.15, 0.2) is 0 Å². The molecule has 4 heteroatoms. The second kappa shape index (κ2) is 7.27. The first-order valence-corrected chi connectivity index (χ1v) is 9.57. The predicted octanol–water partition coefficient (Wildman–Crippen LogP) is 5.39. The van der Waals surface area contributed by atoms with Crippen molar-refractivity contribution in [2.75, 3.05) is 5.32 Å². The van der Waals surface area contributed by atoms with Crippen LogP contribution in [0, 0.1) is 0 Å². The Kier molecular flexibility index (Phi) is 5.16. The lowest BCUT2D eigenvalue weighted by Gasteiger charge is -2.42. The molecule has 2 aromatic carbocycles. The number of carboxylic acids is 1.